The summed E-state index contributed by atoms with van der Waals surface area (Å²) in [6, 6.07) is 6.31. The number of urea groups is 1. The standard InChI is InChI=1S/C24H27F3N4O5/c1-15(33)31(28-11-17-3-2-4-22(26)23(17)27)20(10-21(34)13-32)14-36-29-24(35)30-8-7-16-9-19(25)6-5-18(16)12-30/h2-9,20-21,28,32,34H,10-14H2,1H3,(H,29,35)/t20-,21+/m0/s1. The van der Waals surface area contributed by atoms with Crippen LogP contribution in [-0.2, 0) is 22.7 Å². The van der Waals surface area contributed by atoms with E-state index in [2.05, 4.69) is 10.9 Å². The fourth-order valence-electron chi connectivity index (χ4n) is 3.66. The maximum Gasteiger partial charge on any atom is 0.345 e. The van der Waals surface area contributed by atoms with Gasteiger partial charge in [0.25, 0.3) is 0 Å². The van der Waals surface area contributed by atoms with Crippen molar-refractivity contribution in [2.75, 3.05) is 13.2 Å². The number of hydrogen-bond acceptors (Lipinski definition) is 6. The van der Waals surface area contributed by atoms with Crippen LogP contribution in [0.5, 0.6) is 0 Å². The first-order valence-corrected chi connectivity index (χ1v) is 11.1. The quantitative estimate of drug-likeness (QED) is 0.366. The number of hydroxylamine groups is 1. The molecule has 2 aromatic carbocycles. The smallest absolute Gasteiger partial charge is 0.345 e. The minimum Gasteiger partial charge on any atom is -0.394 e. The van der Waals surface area contributed by atoms with Crippen LogP contribution in [0.3, 0.4) is 0 Å². The average Bonchev–Trinajstić information content (AvgIpc) is 2.85. The van der Waals surface area contributed by atoms with Crippen LogP contribution in [0.1, 0.15) is 30.0 Å². The van der Waals surface area contributed by atoms with E-state index in [0.29, 0.717) is 5.56 Å². The molecule has 3 rings (SSSR count). The summed E-state index contributed by atoms with van der Waals surface area (Å²) >= 11 is 0. The summed E-state index contributed by atoms with van der Waals surface area (Å²) in [6.45, 7) is 0.241. The second kappa shape index (κ2) is 12.5. The van der Waals surface area contributed by atoms with Gasteiger partial charge in [-0.05, 0) is 41.8 Å². The minimum atomic E-state index is -1.22. The predicted octanol–water partition coefficient (Wildman–Crippen LogP) is 2.20. The lowest BCUT2D eigenvalue weighted by Crippen LogP contribution is -2.52. The zero-order valence-corrected chi connectivity index (χ0v) is 19.5. The number of aliphatic hydroxyl groups excluding tert-OH is 2. The highest BCUT2D eigenvalue weighted by Crippen LogP contribution is 2.20. The molecule has 2 aromatic rings. The van der Waals surface area contributed by atoms with Crippen LogP contribution in [0.15, 0.2) is 42.6 Å². The molecule has 0 radical (unpaired) electrons. The van der Waals surface area contributed by atoms with E-state index >= 15 is 0 Å². The Kier molecular flexibility index (Phi) is 9.42. The molecular weight excluding hydrogens is 481 g/mol. The van der Waals surface area contributed by atoms with Crippen LogP contribution in [0, 0.1) is 17.5 Å². The normalized spacial score (nSPS) is 14.2. The molecule has 1 aliphatic rings. The molecule has 0 aromatic heterocycles. The fraction of sp³-hybridized carbons (Fsp3) is 0.333. The molecule has 0 aliphatic carbocycles. The Morgan fingerprint density at radius 3 is 2.72 bits per heavy atom. The van der Waals surface area contributed by atoms with Crippen molar-refractivity contribution in [1.29, 1.82) is 0 Å². The van der Waals surface area contributed by atoms with Crippen molar-refractivity contribution in [1.82, 2.24) is 20.8 Å². The van der Waals surface area contributed by atoms with Crippen molar-refractivity contribution in [2.45, 2.75) is 38.6 Å². The summed E-state index contributed by atoms with van der Waals surface area (Å²) in [4.78, 5) is 31.4. The Labute approximate surface area is 205 Å². The number of hydrogen-bond donors (Lipinski definition) is 4. The number of benzene rings is 2. The van der Waals surface area contributed by atoms with Crippen molar-refractivity contribution >= 4 is 18.0 Å². The Morgan fingerprint density at radius 2 is 2.00 bits per heavy atom. The van der Waals surface area contributed by atoms with Gasteiger partial charge in [0.15, 0.2) is 11.6 Å². The zero-order chi connectivity index (χ0) is 26.2. The molecule has 2 atom stereocenters. The number of aliphatic hydroxyl groups is 2. The van der Waals surface area contributed by atoms with Crippen LogP contribution in [0.2, 0.25) is 0 Å². The number of carbonyl (C=O) groups excluding carboxylic acids is 2. The van der Waals surface area contributed by atoms with Gasteiger partial charge >= 0.3 is 6.03 Å². The molecule has 0 saturated carbocycles. The topological polar surface area (TPSA) is 114 Å². The predicted molar refractivity (Wildman–Crippen MR) is 123 cm³/mol. The molecule has 4 N–H and O–H groups in total. The first-order valence-electron chi connectivity index (χ1n) is 11.1. The highest BCUT2D eigenvalue weighted by Gasteiger charge is 2.26. The van der Waals surface area contributed by atoms with Gasteiger partial charge in [-0.1, -0.05) is 18.2 Å². The molecule has 36 heavy (non-hydrogen) atoms. The highest BCUT2D eigenvalue weighted by atomic mass is 19.2. The Balaban J connectivity index is 1.62. The van der Waals surface area contributed by atoms with Crippen molar-refractivity contribution in [3.05, 3.63) is 76.7 Å². The van der Waals surface area contributed by atoms with Crippen LogP contribution in [0.4, 0.5) is 18.0 Å². The molecule has 194 valence electrons. The summed E-state index contributed by atoms with van der Waals surface area (Å²) < 4.78 is 40.9. The van der Waals surface area contributed by atoms with Crippen molar-refractivity contribution < 1.29 is 37.8 Å². The van der Waals surface area contributed by atoms with E-state index in [-0.39, 0.29) is 37.5 Å². The summed E-state index contributed by atoms with van der Waals surface area (Å²) in [6.07, 6.45) is 1.68. The van der Waals surface area contributed by atoms with Gasteiger partial charge < -0.3 is 10.2 Å². The highest BCUT2D eigenvalue weighted by molar-refractivity contribution is 5.76. The molecule has 0 spiro atoms. The maximum atomic E-state index is 14.0. The van der Waals surface area contributed by atoms with E-state index in [9.17, 15) is 33.0 Å². The number of fused-ring (bicyclic) bond motifs is 1. The van der Waals surface area contributed by atoms with Gasteiger partial charge in [0.2, 0.25) is 5.91 Å². The minimum absolute atomic E-state index is 0.0334. The molecule has 0 fully saturated rings. The first kappa shape index (κ1) is 27.1. The lowest BCUT2D eigenvalue weighted by molar-refractivity contribution is -0.139. The molecule has 0 bridgehead atoms. The zero-order valence-electron chi connectivity index (χ0n) is 19.5. The summed E-state index contributed by atoms with van der Waals surface area (Å²) in [5.74, 6) is -3.02. The molecule has 3 amide bonds. The van der Waals surface area contributed by atoms with Crippen LogP contribution in [0.25, 0.3) is 6.08 Å². The van der Waals surface area contributed by atoms with Gasteiger partial charge in [-0.15, -0.1) is 0 Å². The van der Waals surface area contributed by atoms with E-state index in [1.165, 1.54) is 42.3 Å². The first-order chi connectivity index (χ1) is 17.2. The number of hydrazine groups is 1. The van der Waals surface area contributed by atoms with E-state index in [1.807, 2.05) is 0 Å². The fourth-order valence-corrected chi connectivity index (χ4v) is 3.66. The van der Waals surface area contributed by atoms with Crippen LogP contribution >= 0.6 is 0 Å². The van der Waals surface area contributed by atoms with Crippen molar-refractivity contribution in [3.63, 3.8) is 0 Å². The Bertz CT molecular complexity index is 1120. The number of carbonyl (C=O) groups is 2. The molecule has 1 aliphatic heterocycles. The van der Waals surface area contributed by atoms with Gasteiger partial charge in [0.05, 0.1) is 31.9 Å². The summed E-state index contributed by atoms with van der Waals surface area (Å²) in [7, 11) is 0. The lowest BCUT2D eigenvalue weighted by atomic mass is 10.0. The van der Waals surface area contributed by atoms with Gasteiger partial charge in [0, 0.05) is 25.2 Å². The Morgan fingerprint density at radius 1 is 1.22 bits per heavy atom. The number of nitrogens with one attached hydrogen (secondary N) is 2. The molecule has 1 heterocycles. The van der Waals surface area contributed by atoms with Gasteiger partial charge in [-0.3, -0.25) is 19.5 Å². The van der Waals surface area contributed by atoms with Crippen molar-refractivity contribution in [2.24, 2.45) is 0 Å². The number of rotatable bonds is 10. The van der Waals surface area contributed by atoms with Crippen LogP contribution < -0.4 is 10.9 Å². The molecule has 0 unspecified atom stereocenters. The maximum absolute atomic E-state index is 14.0. The third-order valence-electron chi connectivity index (χ3n) is 5.51. The van der Waals surface area contributed by atoms with Gasteiger partial charge in [-0.2, -0.15) is 0 Å². The largest absolute Gasteiger partial charge is 0.394 e. The Hall–Kier alpha value is -3.45. The van der Waals surface area contributed by atoms with Crippen LogP contribution in [-0.4, -0.2) is 57.4 Å². The van der Waals surface area contributed by atoms with Gasteiger partial charge in [0.1, 0.15) is 5.82 Å². The molecular formula is C24H27F3N4O5. The lowest BCUT2D eigenvalue weighted by Gasteiger charge is -2.32. The third-order valence-corrected chi connectivity index (χ3v) is 5.51. The molecule has 9 nitrogen and oxygen atoms in total. The van der Waals surface area contributed by atoms with Gasteiger partial charge in [-0.25, -0.2) is 28.9 Å². The van der Waals surface area contributed by atoms with Crippen molar-refractivity contribution in [3.8, 4) is 0 Å². The number of amides is 3. The van der Waals surface area contributed by atoms with E-state index < -0.39 is 42.3 Å². The monoisotopic (exact) mass is 508 g/mol. The summed E-state index contributed by atoms with van der Waals surface area (Å²) in [5, 5.41) is 20.2. The number of nitrogens with zero attached hydrogens (tertiary/aromatic N) is 2. The van der Waals surface area contributed by atoms with E-state index in [1.54, 1.807) is 12.1 Å². The van der Waals surface area contributed by atoms with E-state index in [0.717, 1.165) is 16.6 Å². The average molecular weight is 508 g/mol. The second-order valence-corrected chi connectivity index (χ2v) is 8.17. The SMILES string of the molecule is CC(=O)N(NCc1cccc(F)c1F)[C@H](CONC(=O)N1C=Cc2cc(F)ccc2C1)C[C@@H](O)CO. The second-order valence-electron chi connectivity index (χ2n) is 8.17. The summed E-state index contributed by atoms with van der Waals surface area (Å²) in [5.41, 5.74) is 6.28. The molecule has 0 saturated heterocycles. The number of halogens is 3. The van der Waals surface area contributed by atoms with E-state index in [4.69, 9.17) is 4.84 Å². The third kappa shape index (κ3) is 7.04. The molecule has 12 heteroatoms.